The number of hydrogen-bond acceptors (Lipinski definition) is 12. The molecule has 16 nitrogen and oxygen atoms in total. The number of aliphatic imine (C=N–C) groups is 2. The molecule has 0 saturated carbocycles. The number of ether oxygens (including phenoxy) is 4. The Morgan fingerprint density at radius 2 is 1.37 bits per heavy atom. The fourth-order valence-corrected chi connectivity index (χ4v) is 12.2. The molecule has 10 rings (SSSR count). The number of methoxy groups -OCH3 is 2. The molecule has 0 bridgehead atoms. The van der Waals surface area contributed by atoms with Crippen molar-refractivity contribution in [2.75, 3.05) is 40.5 Å². The molecule has 18 heteroatoms. The van der Waals surface area contributed by atoms with Gasteiger partial charge in [0, 0.05) is 80.5 Å². The summed E-state index contributed by atoms with van der Waals surface area (Å²) in [6.45, 7) is 10.1. The molecule has 374 valence electrons. The fraction of sp³-hybridized carbons (Fsp3) is 0.491. The Labute approximate surface area is 416 Å². The minimum atomic E-state index is -0.748. The third-order valence-corrected chi connectivity index (χ3v) is 16.0. The highest BCUT2D eigenvalue weighted by molar-refractivity contribution is 7.11. The van der Waals surface area contributed by atoms with Crippen molar-refractivity contribution in [3.8, 4) is 17.0 Å². The van der Waals surface area contributed by atoms with Crippen molar-refractivity contribution in [3.05, 3.63) is 81.8 Å². The molecule has 3 saturated heterocycles. The van der Waals surface area contributed by atoms with Crippen molar-refractivity contribution >= 4 is 68.8 Å². The number of rotatable bonds is 12. The molecule has 2 N–H and O–H groups in total. The number of thiazole rings is 1. The van der Waals surface area contributed by atoms with Crippen LogP contribution in [0.4, 0.5) is 14.0 Å². The number of allylic oxidation sites excluding steroid dienone is 2. The Morgan fingerprint density at radius 1 is 0.775 bits per heavy atom. The molecular weight excluding hydrogens is 928 g/mol. The predicted octanol–water partition coefficient (Wildman–Crippen LogP) is 8.85. The van der Waals surface area contributed by atoms with Gasteiger partial charge in [-0.1, -0.05) is 33.8 Å². The normalized spacial score (nSPS) is 21.8. The minimum absolute atomic E-state index is 0.135. The van der Waals surface area contributed by atoms with Crippen molar-refractivity contribution < 1.29 is 42.5 Å². The first kappa shape index (κ1) is 48.2. The van der Waals surface area contributed by atoms with Crippen LogP contribution in [-0.2, 0) is 23.8 Å². The van der Waals surface area contributed by atoms with Crippen molar-refractivity contribution in [1.29, 1.82) is 0 Å². The smallest absolute Gasteiger partial charge is 0.407 e. The second-order valence-electron chi connectivity index (χ2n) is 20.0. The molecule has 4 aromatic rings. The summed E-state index contributed by atoms with van der Waals surface area (Å²) in [5.74, 6) is -0.343. The Morgan fingerprint density at radius 3 is 1.94 bits per heavy atom. The average molecular weight is 989 g/mol. The van der Waals surface area contributed by atoms with Gasteiger partial charge in [-0.05, 0) is 103 Å². The highest BCUT2D eigenvalue weighted by atomic mass is 32.1. The van der Waals surface area contributed by atoms with E-state index in [2.05, 4.69) is 33.4 Å². The number of nitrogens with one attached hydrogen (secondary N) is 2. The molecule has 8 heterocycles. The van der Waals surface area contributed by atoms with E-state index in [0.717, 1.165) is 87.4 Å². The molecule has 0 aliphatic carbocycles. The summed E-state index contributed by atoms with van der Waals surface area (Å²) >= 11 is 1.62. The van der Waals surface area contributed by atoms with Gasteiger partial charge < -0.3 is 39.4 Å². The highest BCUT2D eigenvalue weighted by Crippen LogP contribution is 2.49. The van der Waals surface area contributed by atoms with Crippen molar-refractivity contribution in [2.24, 2.45) is 21.8 Å². The van der Waals surface area contributed by atoms with E-state index in [0.29, 0.717) is 61.7 Å². The number of aromatic nitrogens is 2. The van der Waals surface area contributed by atoms with Crippen LogP contribution in [0.2, 0.25) is 0 Å². The van der Waals surface area contributed by atoms with E-state index in [-0.39, 0.29) is 41.7 Å². The van der Waals surface area contributed by atoms with E-state index in [4.69, 9.17) is 33.9 Å². The Bertz CT molecular complexity index is 2900. The van der Waals surface area contributed by atoms with Crippen LogP contribution < -0.4 is 15.4 Å². The van der Waals surface area contributed by atoms with Gasteiger partial charge >= 0.3 is 12.2 Å². The zero-order valence-corrected chi connectivity index (χ0v) is 41.9. The number of benzene rings is 2. The quantitative estimate of drug-likeness (QED) is 0.140. The van der Waals surface area contributed by atoms with Crippen LogP contribution in [0, 0.1) is 17.7 Å². The van der Waals surface area contributed by atoms with Crippen LogP contribution in [0.5, 0.6) is 5.75 Å². The van der Waals surface area contributed by atoms with Crippen LogP contribution in [0.25, 0.3) is 33.3 Å². The molecule has 4 amide bonds. The van der Waals surface area contributed by atoms with Crippen LogP contribution in [0.1, 0.15) is 112 Å². The van der Waals surface area contributed by atoms with Gasteiger partial charge in [0.25, 0.3) is 0 Å². The second-order valence-corrected chi connectivity index (χ2v) is 21.1. The van der Waals surface area contributed by atoms with Crippen molar-refractivity contribution in [3.63, 3.8) is 0 Å². The number of amides is 4. The monoisotopic (exact) mass is 988 g/mol. The van der Waals surface area contributed by atoms with E-state index in [9.17, 15) is 19.2 Å². The van der Waals surface area contributed by atoms with Crippen molar-refractivity contribution in [1.82, 2.24) is 30.0 Å². The van der Waals surface area contributed by atoms with E-state index < -0.39 is 36.3 Å². The van der Waals surface area contributed by atoms with Crippen LogP contribution in [0.15, 0.2) is 65.0 Å². The lowest BCUT2D eigenvalue weighted by Crippen LogP contribution is -2.53. The zero-order chi connectivity index (χ0) is 49.7. The number of hydrogen-bond donors (Lipinski definition) is 2. The summed E-state index contributed by atoms with van der Waals surface area (Å²) < 4.78 is 41.4. The molecule has 2 aromatic carbocycles. The Kier molecular flexibility index (Phi) is 13.6. The lowest BCUT2D eigenvalue weighted by molar-refractivity contribution is -0.134. The lowest BCUT2D eigenvalue weighted by Gasteiger charge is -2.31. The minimum Gasteiger partial charge on any atom is -0.464 e. The summed E-state index contributed by atoms with van der Waals surface area (Å²) in [6.07, 6.45) is 9.55. The third kappa shape index (κ3) is 9.24. The first-order valence-corrected chi connectivity index (χ1v) is 25.6. The molecule has 1 unspecified atom stereocenters. The van der Waals surface area contributed by atoms with Gasteiger partial charge in [0.15, 0.2) is 0 Å². The molecule has 5 atom stereocenters. The summed E-state index contributed by atoms with van der Waals surface area (Å²) in [5, 5.41) is 7.38. The number of nitrogens with zero attached hydrogens (tertiary/aromatic N) is 6. The molecule has 71 heavy (non-hydrogen) atoms. The Balaban J connectivity index is 0.927. The molecule has 0 spiro atoms. The van der Waals surface area contributed by atoms with Crippen LogP contribution >= 0.6 is 11.3 Å². The number of carbonyl (C=O) groups is 4. The molecular formula is C53H61FN8O8S. The number of fused-ring (bicyclic) bond motifs is 5. The zero-order valence-electron chi connectivity index (χ0n) is 41.0. The maximum atomic E-state index is 17.1. The molecule has 2 aromatic heterocycles. The summed E-state index contributed by atoms with van der Waals surface area (Å²) in [5.41, 5.74) is 7.10. The maximum Gasteiger partial charge on any atom is 0.407 e. The topological polar surface area (TPSA) is 178 Å². The summed E-state index contributed by atoms with van der Waals surface area (Å²) in [6, 6.07) is 9.84. The largest absolute Gasteiger partial charge is 0.464 e. The predicted molar refractivity (Wildman–Crippen MR) is 269 cm³/mol. The Hall–Kier alpha value is -6.40. The van der Waals surface area contributed by atoms with Crippen LogP contribution in [0.3, 0.4) is 0 Å². The number of alkyl carbamates (subject to hydrolysis) is 2. The highest BCUT2D eigenvalue weighted by Gasteiger charge is 2.41. The summed E-state index contributed by atoms with van der Waals surface area (Å²) in [7, 11) is 2.57. The van der Waals surface area contributed by atoms with Gasteiger partial charge in [-0.2, -0.15) is 0 Å². The average Bonchev–Trinajstić information content (AvgIpc) is 4.24. The van der Waals surface area contributed by atoms with Crippen LogP contribution in [-0.4, -0.2) is 119 Å². The van der Waals surface area contributed by atoms with Gasteiger partial charge in [0.05, 0.1) is 53.0 Å². The third-order valence-electron chi connectivity index (χ3n) is 14.9. The first-order chi connectivity index (χ1) is 34.3. The first-order valence-electron chi connectivity index (χ1n) is 24.8. The standard InChI is InChI=1S/C53H61FN8O8S/c1-28(2)46(58-52(65)67-5)49(63)60-15-7-9-40(60)37-21-34(25-55-37)31-11-12-39-33(19-31)23-42-45-36(54)20-32(24-43(45)70-51(62(39)42)44-27-57-48(71-44)30-13-17-69-18-14-30)35-22-38(56-26-35)41-10-8-16-61(41)50(64)47(29(3)4)59-53(66)68-6/h11-12,19-20,23-30,40-41,46-47,51H,7-10,13-18,21-22H2,1-6H3,(H,58,65)(H,59,66)/t40-,41-,46-,47-,51?/m0/s1. The van der Waals surface area contributed by atoms with E-state index >= 15 is 4.39 Å². The maximum absolute atomic E-state index is 17.1. The van der Waals surface area contributed by atoms with E-state index in [1.807, 2.05) is 62.0 Å². The van der Waals surface area contributed by atoms with Gasteiger partial charge in [-0.25, -0.2) is 19.0 Å². The second kappa shape index (κ2) is 20.0. The number of carbonyl (C=O) groups excluding carboxylic acids is 4. The molecule has 6 aliphatic rings. The van der Waals surface area contributed by atoms with Crippen molar-refractivity contribution in [2.45, 2.75) is 115 Å². The SMILES string of the molecule is COC(=O)N[C@H](C(=O)N1CCC[C@H]1C1=NC=C(c2cc(F)c3c(c2)OC(c2cnc(C4CCOCC4)s2)n2c-3cc3cc(C4=CN=C([C@@H]5CCCN5C(=O)[C@@H](NC(=O)OC)C(C)C)C4)ccc32)C1)C(C)C. The lowest BCUT2D eigenvalue weighted by atomic mass is 9.95. The van der Waals surface area contributed by atoms with Gasteiger partial charge in [-0.3, -0.25) is 24.1 Å². The number of halogens is 1. The number of likely N-dealkylation sites (tertiary alicyclic amines) is 2. The molecule has 6 aliphatic heterocycles. The van der Waals surface area contributed by atoms with E-state index in [1.54, 1.807) is 23.6 Å². The van der Waals surface area contributed by atoms with Gasteiger partial charge in [-0.15, -0.1) is 11.3 Å². The summed E-state index contributed by atoms with van der Waals surface area (Å²) in [4.78, 5) is 71.3. The van der Waals surface area contributed by atoms with Gasteiger partial charge in [0.1, 0.15) is 23.7 Å². The molecule has 3 fully saturated rings. The molecule has 0 radical (unpaired) electrons. The van der Waals surface area contributed by atoms with Gasteiger partial charge in [0.2, 0.25) is 18.0 Å². The van der Waals surface area contributed by atoms with E-state index in [1.165, 1.54) is 14.2 Å². The fourth-order valence-electron chi connectivity index (χ4n) is 11.1.